The van der Waals surface area contributed by atoms with Gasteiger partial charge in [-0.1, -0.05) is 23.3 Å². The van der Waals surface area contributed by atoms with E-state index in [2.05, 4.69) is 38.6 Å². The summed E-state index contributed by atoms with van der Waals surface area (Å²) in [6.07, 6.45) is 6.52. The van der Waals surface area contributed by atoms with Crippen molar-refractivity contribution in [3.63, 3.8) is 0 Å². The summed E-state index contributed by atoms with van der Waals surface area (Å²) in [5.74, 6) is 0.341. The summed E-state index contributed by atoms with van der Waals surface area (Å²) in [4.78, 5) is 11.8. The second-order valence-electron chi connectivity index (χ2n) is 4.80. The van der Waals surface area contributed by atoms with Gasteiger partial charge in [-0.25, -0.2) is 0 Å². The summed E-state index contributed by atoms with van der Waals surface area (Å²) in [6, 6.07) is 0. The summed E-state index contributed by atoms with van der Waals surface area (Å²) in [5, 5.41) is 0.200. The molecular formula is C14H22OS. The fourth-order valence-corrected chi connectivity index (χ4v) is 3.20. The number of ketones is 1. The number of thiol groups is 1. The van der Waals surface area contributed by atoms with Gasteiger partial charge in [0, 0.05) is 23.5 Å². The monoisotopic (exact) mass is 238 g/mol. The van der Waals surface area contributed by atoms with Crippen LogP contribution in [0.2, 0.25) is 0 Å². The maximum absolute atomic E-state index is 11.8. The van der Waals surface area contributed by atoms with Crippen LogP contribution in [0, 0.1) is 5.41 Å². The maximum atomic E-state index is 11.8. The van der Waals surface area contributed by atoms with Gasteiger partial charge >= 0.3 is 0 Å². The number of Topliss-reactive ketones (excluding diaryl/α,β-unsaturated/α-hetero) is 1. The Balaban J connectivity index is 3.19. The molecule has 1 aliphatic rings. The Bertz CT molecular complexity index is 321. The molecule has 0 radical (unpaired) electrons. The third-order valence-electron chi connectivity index (χ3n) is 3.92. The van der Waals surface area contributed by atoms with Gasteiger partial charge in [0.25, 0.3) is 0 Å². The molecule has 1 unspecified atom stereocenters. The van der Waals surface area contributed by atoms with Crippen LogP contribution in [0.15, 0.2) is 23.3 Å². The molecule has 0 saturated heterocycles. The normalized spacial score (nSPS) is 33.1. The molecule has 0 heterocycles. The molecule has 0 aromatic carbocycles. The lowest BCUT2D eigenvalue weighted by Crippen LogP contribution is -2.36. The van der Waals surface area contributed by atoms with Crippen LogP contribution >= 0.6 is 12.6 Å². The zero-order valence-electron chi connectivity index (χ0n) is 10.7. The first-order valence-electron chi connectivity index (χ1n) is 5.93. The predicted octanol–water partition coefficient (Wildman–Crippen LogP) is 3.96. The van der Waals surface area contributed by atoms with E-state index < -0.39 is 0 Å². The smallest absolute Gasteiger partial charge is 0.135 e. The van der Waals surface area contributed by atoms with Crippen molar-refractivity contribution in [1.29, 1.82) is 0 Å². The molecule has 0 bridgehead atoms. The largest absolute Gasteiger partial charge is 0.300 e. The van der Waals surface area contributed by atoms with E-state index in [4.69, 9.17) is 0 Å². The highest BCUT2D eigenvalue weighted by atomic mass is 32.1. The van der Waals surface area contributed by atoms with E-state index >= 15 is 0 Å². The van der Waals surface area contributed by atoms with Crippen LogP contribution in [0.1, 0.15) is 47.0 Å². The zero-order chi connectivity index (χ0) is 12.3. The van der Waals surface area contributed by atoms with E-state index in [-0.39, 0.29) is 10.7 Å². The fourth-order valence-electron chi connectivity index (χ4n) is 2.68. The summed E-state index contributed by atoms with van der Waals surface area (Å²) in [7, 11) is 0. The molecule has 2 heteroatoms. The molecule has 90 valence electrons. The third-order valence-corrected chi connectivity index (χ3v) is 4.29. The molecule has 1 aliphatic carbocycles. The topological polar surface area (TPSA) is 17.1 Å². The molecule has 0 aromatic heterocycles. The average Bonchev–Trinajstić information content (AvgIpc) is 2.25. The second-order valence-corrected chi connectivity index (χ2v) is 5.53. The maximum Gasteiger partial charge on any atom is 0.135 e. The number of carbonyl (C=O) groups excluding carboxylic acids is 1. The van der Waals surface area contributed by atoms with E-state index in [1.54, 1.807) is 0 Å². The number of allylic oxidation sites excluding steroid dienone is 4. The molecule has 0 N–H and O–H groups in total. The number of hydrogen-bond acceptors (Lipinski definition) is 2. The molecule has 0 aromatic rings. The Morgan fingerprint density at radius 2 is 1.81 bits per heavy atom. The van der Waals surface area contributed by atoms with Crippen molar-refractivity contribution in [1.82, 2.24) is 0 Å². The molecule has 16 heavy (non-hydrogen) atoms. The van der Waals surface area contributed by atoms with Crippen molar-refractivity contribution in [2.45, 2.75) is 52.2 Å². The van der Waals surface area contributed by atoms with Crippen LogP contribution in [-0.2, 0) is 4.79 Å². The van der Waals surface area contributed by atoms with Crippen LogP contribution in [0.5, 0.6) is 0 Å². The minimum atomic E-state index is -0.0642. The lowest BCUT2D eigenvalue weighted by Gasteiger charge is -2.41. The van der Waals surface area contributed by atoms with Gasteiger partial charge < -0.3 is 0 Å². The van der Waals surface area contributed by atoms with E-state index in [9.17, 15) is 4.79 Å². The highest BCUT2D eigenvalue weighted by Gasteiger charge is 2.41. The van der Waals surface area contributed by atoms with Crippen molar-refractivity contribution in [2.24, 2.45) is 5.41 Å². The highest BCUT2D eigenvalue weighted by Crippen LogP contribution is 2.47. The Labute approximate surface area is 104 Å². The minimum Gasteiger partial charge on any atom is -0.300 e. The van der Waals surface area contributed by atoms with Gasteiger partial charge in [-0.15, -0.1) is 0 Å². The van der Waals surface area contributed by atoms with Crippen molar-refractivity contribution >= 4 is 18.4 Å². The number of rotatable bonds is 2. The van der Waals surface area contributed by atoms with Gasteiger partial charge in [0.1, 0.15) is 5.78 Å². The third kappa shape index (κ3) is 2.42. The summed E-state index contributed by atoms with van der Waals surface area (Å²) in [6.45, 7) is 8.36. The Morgan fingerprint density at radius 1 is 1.31 bits per heavy atom. The number of hydrogen-bond donors (Lipinski definition) is 1. The van der Waals surface area contributed by atoms with Crippen LogP contribution in [-0.4, -0.2) is 11.0 Å². The summed E-state index contributed by atoms with van der Waals surface area (Å²) >= 11 is 4.53. The Morgan fingerprint density at radius 3 is 2.19 bits per heavy atom. The van der Waals surface area contributed by atoms with Crippen LogP contribution in [0.3, 0.4) is 0 Å². The number of carbonyl (C=O) groups is 1. The first kappa shape index (κ1) is 13.6. The first-order chi connectivity index (χ1) is 7.46. The van der Waals surface area contributed by atoms with Gasteiger partial charge in [0.05, 0.1) is 0 Å². The van der Waals surface area contributed by atoms with E-state index in [1.807, 2.05) is 13.8 Å². The van der Waals surface area contributed by atoms with E-state index in [0.717, 1.165) is 6.42 Å². The molecule has 1 fully saturated rings. The minimum absolute atomic E-state index is 0.0642. The lowest BCUT2D eigenvalue weighted by atomic mass is 9.64. The fraction of sp³-hybridized carbons (Fsp3) is 0.643. The Hall–Kier alpha value is -0.500. The van der Waals surface area contributed by atoms with E-state index in [1.165, 1.54) is 11.1 Å². The zero-order valence-corrected chi connectivity index (χ0v) is 11.6. The van der Waals surface area contributed by atoms with E-state index in [0.29, 0.717) is 18.6 Å². The molecule has 0 aliphatic heterocycles. The first-order valence-corrected chi connectivity index (χ1v) is 6.44. The summed E-state index contributed by atoms with van der Waals surface area (Å²) in [5.41, 5.74) is 2.54. The quantitative estimate of drug-likeness (QED) is 0.569. The summed E-state index contributed by atoms with van der Waals surface area (Å²) < 4.78 is 0. The Kier molecular flexibility index (Phi) is 4.43. The second kappa shape index (κ2) is 5.22. The highest BCUT2D eigenvalue weighted by molar-refractivity contribution is 7.81. The van der Waals surface area contributed by atoms with Gasteiger partial charge in [-0.05, 0) is 34.1 Å². The van der Waals surface area contributed by atoms with Gasteiger partial charge in [0.2, 0.25) is 0 Å². The van der Waals surface area contributed by atoms with Crippen molar-refractivity contribution < 1.29 is 4.79 Å². The molecule has 0 amide bonds. The van der Waals surface area contributed by atoms with Gasteiger partial charge in [-0.2, -0.15) is 12.6 Å². The SMILES string of the molecule is C/C=C(\C)C1(/C(C)=C/C)CC(=O)CC(S)C1. The van der Waals surface area contributed by atoms with Crippen LogP contribution < -0.4 is 0 Å². The standard InChI is InChI=1S/C14H22OS/c1-5-10(3)14(11(4)6-2)8-12(15)7-13(16)9-14/h5-6,13,16H,7-9H2,1-4H3/b10-5+,11-6+. The van der Waals surface area contributed by atoms with Gasteiger partial charge in [0.15, 0.2) is 0 Å². The predicted molar refractivity (Wildman–Crippen MR) is 72.9 cm³/mol. The van der Waals surface area contributed by atoms with Crippen LogP contribution in [0.25, 0.3) is 0 Å². The lowest BCUT2D eigenvalue weighted by molar-refractivity contribution is -0.122. The average molecular weight is 238 g/mol. The molecule has 1 atom stereocenters. The van der Waals surface area contributed by atoms with Crippen molar-refractivity contribution in [2.75, 3.05) is 0 Å². The molecule has 1 rings (SSSR count). The molecule has 1 saturated carbocycles. The van der Waals surface area contributed by atoms with Crippen LogP contribution in [0.4, 0.5) is 0 Å². The van der Waals surface area contributed by atoms with Crippen molar-refractivity contribution in [3.8, 4) is 0 Å². The van der Waals surface area contributed by atoms with Gasteiger partial charge in [-0.3, -0.25) is 4.79 Å². The van der Waals surface area contributed by atoms with Crippen molar-refractivity contribution in [3.05, 3.63) is 23.3 Å². The molecular weight excluding hydrogens is 216 g/mol. The molecule has 1 nitrogen and oxygen atoms in total. The molecule has 0 spiro atoms.